The Kier molecular flexibility index (Phi) is 7.47. The Labute approximate surface area is 213 Å². The lowest BCUT2D eigenvalue weighted by molar-refractivity contribution is -0.144. The molecule has 0 radical (unpaired) electrons. The van der Waals surface area contributed by atoms with Gasteiger partial charge < -0.3 is 15.5 Å². The third-order valence-corrected chi connectivity index (χ3v) is 8.75. The number of aromatic nitrogens is 4. The van der Waals surface area contributed by atoms with Gasteiger partial charge in [-0.25, -0.2) is 9.67 Å². The number of hydrogen-bond donors (Lipinski definition) is 2. The Morgan fingerprint density at radius 3 is 2.80 bits per heavy atom. The van der Waals surface area contributed by atoms with Crippen LogP contribution in [0, 0.1) is 6.92 Å². The summed E-state index contributed by atoms with van der Waals surface area (Å²) in [6.45, 7) is 3.52. The van der Waals surface area contributed by atoms with Crippen molar-refractivity contribution in [1.82, 2.24) is 30.0 Å². The van der Waals surface area contributed by atoms with Gasteiger partial charge in [-0.05, 0) is 19.4 Å². The fourth-order valence-electron chi connectivity index (χ4n) is 3.56. The molecule has 4 heterocycles. The van der Waals surface area contributed by atoms with Gasteiger partial charge >= 0.3 is 0 Å². The molecular formula is C20H24N8O4S3. The topological polar surface area (TPSA) is 144 Å². The molecule has 186 valence electrons. The minimum absolute atomic E-state index is 0.00600. The van der Waals surface area contributed by atoms with Crippen LogP contribution in [0.2, 0.25) is 0 Å². The molecule has 2 aromatic rings. The number of allylic oxidation sites excluding steroid dienone is 1. The van der Waals surface area contributed by atoms with Gasteiger partial charge in [0.25, 0.3) is 17.4 Å². The van der Waals surface area contributed by atoms with E-state index >= 15 is 0 Å². The van der Waals surface area contributed by atoms with E-state index in [-0.39, 0.29) is 22.6 Å². The summed E-state index contributed by atoms with van der Waals surface area (Å²) in [6, 6.07) is -0.676. The number of thioether (sulfide) groups is 2. The molecule has 2 amide bonds. The van der Waals surface area contributed by atoms with Crippen molar-refractivity contribution in [3.63, 3.8) is 0 Å². The van der Waals surface area contributed by atoms with E-state index in [9.17, 15) is 14.4 Å². The lowest BCUT2D eigenvalue weighted by Gasteiger charge is -2.50. The first-order valence-corrected chi connectivity index (χ1v) is 13.4. The number of fused-ring (bicyclic) bond motifs is 1. The molecular weight excluding hydrogens is 512 g/mol. The number of aryl methyl sites for hydroxylation is 2. The van der Waals surface area contributed by atoms with Crippen molar-refractivity contribution >= 4 is 57.5 Å². The van der Waals surface area contributed by atoms with E-state index in [1.54, 1.807) is 47.7 Å². The average Bonchev–Trinajstić information content (AvgIpc) is 3.31. The van der Waals surface area contributed by atoms with Crippen LogP contribution >= 0.6 is 34.9 Å². The molecule has 0 spiro atoms. The molecule has 35 heavy (non-hydrogen) atoms. The lowest BCUT2D eigenvalue weighted by atomic mass is 10.0. The molecule has 2 aliphatic heterocycles. The van der Waals surface area contributed by atoms with Crippen LogP contribution in [0.25, 0.3) is 0 Å². The van der Waals surface area contributed by atoms with Gasteiger partial charge in [0, 0.05) is 36.7 Å². The van der Waals surface area contributed by atoms with Gasteiger partial charge in [-0.15, -0.1) is 23.1 Å². The van der Waals surface area contributed by atoms with Crippen LogP contribution in [0.15, 0.2) is 31.8 Å². The van der Waals surface area contributed by atoms with Gasteiger partial charge in [-0.2, -0.15) is 10.1 Å². The number of carbonyl (C=O) groups excluding carboxylic acids is 2. The average molecular weight is 537 g/mol. The number of amides is 2. The van der Waals surface area contributed by atoms with Crippen LogP contribution in [0.4, 0.5) is 5.13 Å². The monoisotopic (exact) mass is 536 g/mol. The number of nitrogens with one attached hydrogen (secondary N) is 2. The largest absolute Gasteiger partial charge is 0.398 e. The summed E-state index contributed by atoms with van der Waals surface area (Å²) in [5.74, 6) is 0.535. The summed E-state index contributed by atoms with van der Waals surface area (Å²) in [4.78, 5) is 52.6. The van der Waals surface area contributed by atoms with Crippen molar-refractivity contribution in [3.8, 4) is 0 Å². The Morgan fingerprint density at radius 2 is 2.11 bits per heavy atom. The molecule has 2 atom stereocenters. The third-order valence-electron chi connectivity index (χ3n) is 5.45. The number of hydrogen-bond acceptors (Lipinski definition) is 12. The molecule has 0 aromatic carbocycles. The molecule has 0 bridgehead atoms. The standard InChI is InChI=1S/C20H24N8O4S3/c1-9-15(29)24-20(27(4)25-9)35-7-11-6-33-18-14(17(31)28(18)10(11)2)23-16(30)13(26-32-5)12-8-34-19(21-3)22-12/h8,14,18H,6-7H2,1-5H3,(H,21,22)(H,23,30)/b26-13-/t14-,18-/m1/s1. The number of rotatable bonds is 8. The second-order valence-electron chi connectivity index (χ2n) is 7.66. The van der Waals surface area contributed by atoms with Crippen LogP contribution in [0.1, 0.15) is 18.3 Å². The maximum atomic E-state index is 13.0. The summed E-state index contributed by atoms with van der Waals surface area (Å²) < 4.78 is 1.58. The first-order valence-electron chi connectivity index (χ1n) is 10.5. The summed E-state index contributed by atoms with van der Waals surface area (Å²) in [5, 5.41) is 16.3. The van der Waals surface area contributed by atoms with Gasteiger partial charge in [-0.3, -0.25) is 19.3 Å². The Balaban J connectivity index is 1.43. The maximum Gasteiger partial charge on any atom is 0.295 e. The highest BCUT2D eigenvalue weighted by Crippen LogP contribution is 2.41. The van der Waals surface area contributed by atoms with E-state index in [1.165, 1.54) is 30.2 Å². The zero-order chi connectivity index (χ0) is 25.3. The molecule has 0 unspecified atom stereocenters. The van der Waals surface area contributed by atoms with Crippen LogP contribution in [0.3, 0.4) is 0 Å². The van der Waals surface area contributed by atoms with Gasteiger partial charge in [0.2, 0.25) is 0 Å². The highest BCUT2D eigenvalue weighted by atomic mass is 32.2. The summed E-state index contributed by atoms with van der Waals surface area (Å²) in [6.07, 6.45) is 0. The number of oxime groups is 1. The fraction of sp³-hybridized carbons (Fsp3) is 0.450. The second-order valence-corrected chi connectivity index (χ2v) is 10.6. The Bertz CT molecular complexity index is 1290. The van der Waals surface area contributed by atoms with Gasteiger partial charge in [0.15, 0.2) is 16.0 Å². The van der Waals surface area contributed by atoms with Crippen molar-refractivity contribution in [2.45, 2.75) is 30.4 Å². The van der Waals surface area contributed by atoms with E-state index in [1.807, 2.05) is 6.92 Å². The van der Waals surface area contributed by atoms with E-state index in [0.29, 0.717) is 33.2 Å². The second kappa shape index (κ2) is 10.4. The maximum absolute atomic E-state index is 13.0. The predicted molar refractivity (Wildman–Crippen MR) is 136 cm³/mol. The molecule has 0 aliphatic carbocycles. The molecule has 15 heteroatoms. The van der Waals surface area contributed by atoms with Crippen molar-refractivity contribution in [2.24, 2.45) is 12.2 Å². The highest BCUT2D eigenvalue weighted by molar-refractivity contribution is 8.01. The van der Waals surface area contributed by atoms with Crippen molar-refractivity contribution < 1.29 is 14.4 Å². The highest BCUT2D eigenvalue weighted by Gasteiger charge is 2.51. The first-order chi connectivity index (χ1) is 16.7. The Morgan fingerprint density at radius 1 is 1.34 bits per heavy atom. The third kappa shape index (κ3) is 4.92. The summed E-state index contributed by atoms with van der Waals surface area (Å²) in [7, 11) is 4.82. The molecule has 2 aliphatic rings. The van der Waals surface area contributed by atoms with E-state index in [2.05, 4.69) is 30.9 Å². The normalized spacial score (nSPS) is 19.9. The predicted octanol–water partition coefficient (Wildman–Crippen LogP) is 0.799. The Hall–Kier alpha value is -2.91. The zero-order valence-corrected chi connectivity index (χ0v) is 22.1. The fourth-order valence-corrected chi connectivity index (χ4v) is 6.81. The smallest absolute Gasteiger partial charge is 0.295 e. The molecule has 2 N–H and O–H groups in total. The van der Waals surface area contributed by atoms with E-state index in [0.717, 1.165) is 11.3 Å². The molecule has 1 saturated heterocycles. The molecule has 12 nitrogen and oxygen atoms in total. The number of β-lactam (4-membered cyclic amide) rings is 1. The lowest BCUT2D eigenvalue weighted by Crippen LogP contribution is -2.70. The number of anilines is 1. The van der Waals surface area contributed by atoms with Crippen LogP contribution < -0.4 is 16.2 Å². The number of carbonyl (C=O) groups is 2. The van der Waals surface area contributed by atoms with Crippen molar-refractivity contribution in [1.29, 1.82) is 0 Å². The summed E-state index contributed by atoms with van der Waals surface area (Å²) in [5.41, 5.74) is 2.29. The van der Waals surface area contributed by atoms with Gasteiger partial charge in [0.05, 0.1) is 0 Å². The van der Waals surface area contributed by atoms with Crippen LogP contribution in [0.5, 0.6) is 0 Å². The van der Waals surface area contributed by atoms with Gasteiger partial charge in [-0.1, -0.05) is 16.9 Å². The van der Waals surface area contributed by atoms with Gasteiger partial charge in [0.1, 0.15) is 29.9 Å². The SMILES string of the molecule is CNc1nc(/C(=N/OC)C(=O)N[C@@H]2C(=O)N3C(C)=C(CSc4nc(=O)c(C)nn4C)CS[C@H]23)cs1. The first kappa shape index (κ1) is 25.2. The minimum Gasteiger partial charge on any atom is -0.398 e. The molecule has 0 saturated carbocycles. The minimum atomic E-state index is -0.676. The van der Waals surface area contributed by atoms with E-state index in [4.69, 9.17) is 4.84 Å². The number of thiazole rings is 1. The van der Waals surface area contributed by atoms with Crippen LogP contribution in [-0.4, -0.2) is 79.3 Å². The zero-order valence-electron chi connectivity index (χ0n) is 19.7. The number of nitrogens with zero attached hydrogens (tertiary/aromatic N) is 6. The quantitative estimate of drug-likeness (QED) is 0.215. The molecule has 4 rings (SSSR count). The molecule has 1 fully saturated rings. The van der Waals surface area contributed by atoms with E-state index < -0.39 is 11.9 Å². The summed E-state index contributed by atoms with van der Waals surface area (Å²) >= 11 is 4.30. The van der Waals surface area contributed by atoms with Crippen LogP contribution in [-0.2, 0) is 21.5 Å². The van der Waals surface area contributed by atoms with Crippen molar-refractivity contribution in [2.75, 3.05) is 31.0 Å². The molecule has 2 aromatic heterocycles. The van der Waals surface area contributed by atoms with Crippen molar-refractivity contribution in [3.05, 3.63) is 38.4 Å².